The summed E-state index contributed by atoms with van der Waals surface area (Å²) in [6.07, 6.45) is 6.44. The number of rotatable bonds is 4. The van der Waals surface area contributed by atoms with Gasteiger partial charge in [0, 0.05) is 49.3 Å². The molecule has 0 bridgehead atoms. The van der Waals surface area contributed by atoms with E-state index in [1.165, 1.54) is 18.5 Å². The fourth-order valence-electron chi connectivity index (χ4n) is 3.90. The van der Waals surface area contributed by atoms with Gasteiger partial charge >= 0.3 is 0 Å². The minimum Gasteiger partial charge on any atom is -0.372 e. The summed E-state index contributed by atoms with van der Waals surface area (Å²) >= 11 is 0. The summed E-state index contributed by atoms with van der Waals surface area (Å²) in [7, 11) is 0. The first-order chi connectivity index (χ1) is 13.2. The predicted molar refractivity (Wildman–Crippen MR) is 110 cm³/mol. The third-order valence-electron chi connectivity index (χ3n) is 5.69. The number of anilines is 3. The lowest BCUT2D eigenvalue weighted by Gasteiger charge is -2.32. The normalized spacial score (nSPS) is 18.0. The lowest BCUT2D eigenvalue weighted by Crippen LogP contribution is -2.32. The molecule has 4 rings (SSSR count). The number of benzene rings is 1. The molecular weight excluding hydrogens is 336 g/mol. The van der Waals surface area contributed by atoms with Crippen molar-refractivity contribution in [2.24, 2.45) is 5.92 Å². The van der Waals surface area contributed by atoms with E-state index in [0.29, 0.717) is 11.4 Å². The molecule has 142 valence electrons. The lowest BCUT2D eigenvalue weighted by atomic mass is 9.99. The van der Waals surface area contributed by atoms with E-state index >= 15 is 0 Å². The molecule has 2 fully saturated rings. The molecule has 2 aliphatic rings. The van der Waals surface area contributed by atoms with Gasteiger partial charge < -0.3 is 15.1 Å². The van der Waals surface area contributed by atoms with Gasteiger partial charge in [-0.1, -0.05) is 6.92 Å². The number of likely N-dealkylation sites (tertiary alicyclic amines) is 1. The van der Waals surface area contributed by atoms with E-state index in [2.05, 4.69) is 46.4 Å². The molecule has 1 aromatic heterocycles. The summed E-state index contributed by atoms with van der Waals surface area (Å²) in [5.41, 5.74) is 2.97. The minimum absolute atomic E-state index is 0.104. The van der Waals surface area contributed by atoms with Crippen LogP contribution in [0.15, 0.2) is 42.6 Å². The zero-order valence-electron chi connectivity index (χ0n) is 16.0. The maximum atomic E-state index is 12.6. The van der Waals surface area contributed by atoms with Crippen molar-refractivity contribution in [3.8, 4) is 0 Å². The zero-order chi connectivity index (χ0) is 18.6. The monoisotopic (exact) mass is 364 g/mol. The second kappa shape index (κ2) is 7.99. The summed E-state index contributed by atoms with van der Waals surface area (Å²) in [6.45, 7) is 6.33. The van der Waals surface area contributed by atoms with Crippen LogP contribution in [0.5, 0.6) is 0 Å². The largest absolute Gasteiger partial charge is 0.372 e. The summed E-state index contributed by atoms with van der Waals surface area (Å²) in [5, 5.41) is 3.33. The van der Waals surface area contributed by atoms with Gasteiger partial charge in [0.15, 0.2) is 0 Å². The molecule has 2 saturated heterocycles. The highest BCUT2D eigenvalue weighted by atomic mass is 16.2. The predicted octanol–water partition coefficient (Wildman–Crippen LogP) is 4.30. The van der Waals surface area contributed by atoms with Crippen LogP contribution >= 0.6 is 0 Å². The summed E-state index contributed by atoms with van der Waals surface area (Å²) < 4.78 is 0. The number of carbonyl (C=O) groups is 1. The van der Waals surface area contributed by atoms with Gasteiger partial charge in [0.05, 0.1) is 0 Å². The standard InChI is InChI=1S/C22H28N4O/c1-17-9-14-25(15-10-17)20-6-4-19(5-7-20)24-21-16-18(8-11-23-21)22(27)26-12-2-3-13-26/h4-8,11,16-17H,2-3,9-10,12-15H2,1H3,(H,23,24). The third-order valence-corrected chi connectivity index (χ3v) is 5.69. The van der Waals surface area contributed by atoms with Crippen molar-refractivity contribution in [3.63, 3.8) is 0 Å². The molecule has 1 aromatic carbocycles. The molecule has 5 nitrogen and oxygen atoms in total. The number of nitrogens with zero attached hydrogens (tertiary/aromatic N) is 3. The van der Waals surface area contributed by atoms with Gasteiger partial charge in [0.1, 0.15) is 5.82 Å². The van der Waals surface area contributed by atoms with Gasteiger partial charge in [-0.3, -0.25) is 4.79 Å². The number of pyridine rings is 1. The van der Waals surface area contributed by atoms with E-state index in [1.54, 1.807) is 12.3 Å². The average Bonchev–Trinajstić information content (AvgIpc) is 3.24. The first-order valence-corrected chi connectivity index (χ1v) is 10.1. The minimum atomic E-state index is 0.104. The van der Waals surface area contributed by atoms with E-state index in [1.807, 2.05) is 11.0 Å². The van der Waals surface area contributed by atoms with Crippen LogP contribution in [0, 0.1) is 5.92 Å². The van der Waals surface area contributed by atoms with Crippen LogP contribution in [0.1, 0.15) is 43.0 Å². The van der Waals surface area contributed by atoms with Crippen molar-refractivity contribution in [1.29, 1.82) is 0 Å². The Bertz CT molecular complexity index is 775. The SMILES string of the molecule is CC1CCN(c2ccc(Nc3cc(C(=O)N4CCCC4)ccn3)cc2)CC1. The van der Waals surface area contributed by atoms with Crippen LogP contribution in [0.4, 0.5) is 17.2 Å². The number of carbonyl (C=O) groups excluding carboxylic acids is 1. The number of hydrogen-bond acceptors (Lipinski definition) is 4. The van der Waals surface area contributed by atoms with E-state index in [9.17, 15) is 4.79 Å². The topological polar surface area (TPSA) is 48.5 Å². The number of hydrogen-bond donors (Lipinski definition) is 1. The molecule has 1 N–H and O–H groups in total. The molecule has 0 unspecified atom stereocenters. The Labute approximate surface area is 161 Å². The molecule has 0 aliphatic carbocycles. The summed E-state index contributed by atoms with van der Waals surface area (Å²) in [4.78, 5) is 21.3. The van der Waals surface area contributed by atoms with Crippen LogP contribution in [0.2, 0.25) is 0 Å². The highest BCUT2D eigenvalue weighted by molar-refractivity contribution is 5.95. The quantitative estimate of drug-likeness (QED) is 0.879. The van der Waals surface area contributed by atoms with Crippen molar-refractivity contribution in [1.82, 2.24) is 9.88 Å². The van der Waals surface area contributed by atoms with E-state index in [0.717, 1.165) is 50.6 Å². The van der Waals surface area contributed by atoms with Crippen molar-refractivity contribution >= 4 is 23.1 Å². The molecule has 3 heterocycles. The Kier molecular flexibility index (Phi) is 5.28. The fourth-order valence-corrected chi connectivity index (χ4v) is 3.90. The molecule has 0 saturated carbocycles. The lowest BCUT2D eigenvalue weighted by molar-refractivity contribution is 0.0793. The summed E-state index contributed by atoms with van der Waals surface area (Å²) in [6, 6.07) is 12.1. The fraction of sp³-hybridized carbons (Fsp3) is 0.455. The number of piperidine rings is 1. The Morgan fingerprint density at radius 1 is 1.04 bits per heavy atom. The van der Waals surface area contributed by atoms with Gasteiger partial charge in [-0.15, -0.1) is 0 Å². The first kappa shape index (κ1) is 17.8. The molecule has 5 heteroatoms. The number of aromatic nitrogens is 1. The number of amides is 1. The first-order valence-electron chi connectivity index (χ1n) is 10.1. The van der Waals surface area contributed by atoms with Crippen LogP contribution < -0.4 is 10.2 Å². The third kappa shape index (κ3) is 4.24. The van der Waals surface area contributed by atoms with E-state index in [4.69, 9.17) is 0 Å². The van der Waals surface area contributed by atoms with Crippen molar-refractivity contribution in [3.05, 3.63) is 48.2 Å². The molecule has 1 amide bonds. The van der Waals surface area contributed by atoms with Gasteiger partial charge in [0.2, 0.25) is 0 Å². The smallest absolute Gasteiger partial charge is 0.254 e. The Morgan fingerprint density at radius 3 is 2.44 bits per heavy atom. The van der Waals surface area contributed by atoms with E-state index < -0.39 is 0 Å². The van der Waals surface area contributed by atoms with Gasteiger partial charge in [-0.05, 0) is 68.0 Å². The summed E-state index contributed by atoms with van der Waals surface area (Å²) in [5.74, 6) is 1.65. The number of nitrogens with one attached hydrogen (secondary N) is 1. The second-order valence-electron chi connectivity index (χ2n) is 7.77. The van der Waals surface area contributed by atoms with Crippen LogP contribution in [0.3, 0.4) is 0 Å². The van der Waals surface area contributed by atoms with Crippen LogP contribution in [-0.2, 0) is 0 Å². The van der Waals surface area contributed by atoms with Crippen LogP contribution in [-0.4, -0.2) is 42.0 Å². The highest BCUT2D eigenvalue weighted by Gasteiger charge is 2.20. The average molecular weight is 364 g/mol. The Balaban J connectivity index is 1.41. The van der Waals surface area contributed by atoms with Gasteiger partial charge in [-0.2, -0.15) is 0 Å². The highest BCUT2D eigenvalue weighted by Crippen LogP contribution is 2.25. The molecule has 0 spiro atoms. The van der Waals surface area contributed by atoms with Crippen LogP contribution in [0.25, 0.3) is 0 Å². The van der Waals surface area contributed by atoms with Gasteiger partial charge in [-0.25, -0.2) is 4.98 Å². The molecule has 0 atom stereocenters. The van der Waals surface area contributed by atoms with Crippen molar-refractivity contribution < 1.29 is 4.79 Å². The van der Waals surface area contributed by atoms with Gasteiger partial charge in [0.25, 0.3) is 5.91 Å². The van der Waals surface area contributed by atoms with E-state index in [-0.39, 0.29) is 5.91 Å². The maximum Gasteiger partial charge on any atom is 0.254 e. The molecule has 0 radical (unpaired) electrons. The molecular formula is C22H28N4O. The molecule has 2 aliphatic heterocycles. The molecule has 27 heavy (non-hydrogen) atoms. The second-order valence-corrected chi connectivity index (χ2v) is 7.77. The van der Waals surface area contributed by atoms with Crippen molar-refractivity contribution in [2.45, 2.75) is 32.6 Å². The Hall–Kier alpha value is -2.56. The molecule has 2 aromatic rings. The van der Waals surface area contributed by atoms with Crippen molar-refractivity contribution in [2.75, 3.05) is 36.4 Å². The maximum absolute atomic E-state index is 12.6. The zero-order valence-corrected chi connectivity index (χ0v) is 16.0. The Morgan fingerprint density at radius 2 is 1.74 bits per heavy atom.